The second kappa shape index (κ2) is 14.1. The number of ether oxygens (including phenoxy) is 1. The molecule has 1 saturated heterocycles. The molecule has 3 heterocycles. The number of carbonyl (C=O) groups is 3. The molecule has 1 atom stereocenters. The van der Waals surface area contributed by atoms with Gasteiger partial charge < -0.3 is 29.7 Å². The van der Waals surface area contributed by atoms with E-state index in [4.69, 9.17) is 4.74 Å². The molecule has 0 bridgehead atoms. The van der Waals surface area contributed by atoms with E-state index < -0.39 is 0 Å². The molecular weight excluding hydrogens is 630 g/mol. The van der Waals surface area contributed by atoms with Gasteiger partial charge in [-0.2, -0.15) is 0 Å². The summed E-state index contributed by atoms with van der Waals surface area (Å²) >= 11 is 0. The van der Waals surface area contributed by atoms with Gasteiger partial charge in [0.05, 0.1) is 30.6 Å². The number of aromatic nitrogens is 2. The van der Waals surface area contributed by atoms with Gasteiger partial charge >= 0.3 is 0 Å². The van der Waals surface area contributed by atoms with Crippen molar-refractivity contribution in [3.05, 3.63) is 113 Å². The SMILES string of the molecule is C[C@H]1COCCN1c1ccc(C(=O)Nc2ccc(CNC(=O)c3ncc4n3CCN(Cc3ccc(C(=O)N(C)C)cc3)C43CCC3)cc2)cc1. The summed E-state index contributed by atoms with van der Waals surface area (Å²) in [7, 11) is 3.52. The average molecular weight is 676 g/mol. The number of fused-ring (bicyclic) bond motifs is 2. The van der Waals surface area contributed by atoms with Crippen LogP contribution in [0.3, 0.4) is 0 Å². The van der Waals surface area contributed by atoms with Gasteiger partial charge in [0.1, 0.15) is 0 Å². The molecule has 1 aliphatic carbocycles. The lowest BCUT2D eigenvalue weighted by Crippen LogP contribution is -2.56. The lowest BCUT2D eigenvalue weighted by Gasteiger charge is -2.53. The topological polar surface area (TPSA) is 112 Å². The molecule has 3 aliphatic rings. The molecular formula is C39H45N7O4. The Kier molecular flexibility index (Phi) is 9.44. The quantitative estimate of drug-likeness (QED) is 0.260. The van der Waals surface area contributed by atoms with Gasteiger partial charge in [0.2, 0.25) is 0 Å². The van der Waals surface area contributed by atoms with Gasteiger partial charge in [-0.15, -0.1) is 0 Å². The third-order valence-electron chi connectivity index (χ3n) is 10.4. The summed E-state index contributed by atoms with van der Waals surface area (Å²) in [6, 6.07) is 23.4. The monoisotopic (exact) mass is 675 g/mol. The second-order valence-corrected chi connectivity index (χ2v) is 13.8. The van der Waals surface area contributed by atoms with Crippen molar-refractivity contribution in [1.29, 1.82) is 0 Å². The minimum Gasteiger partial charge on any atom is -0.377 e. The lowest BCUT2D eigenvalue weighted by atomic mass is 9.72. The number of anilines is 2. The summed E-state index contributed by atoms with van der Waals surface area (Å²) in [5.41, 5.74) is 6.10. The van der Waals surface area contributed by atoms with Crippen LogP contribution in [-0.2, 0) is 29.9 Å². The van der Waals surface area contributed by atoms with Gasteiger partial charge in [0.15, 0.2) is 5.82 Å². The molecule has 3 aromatic carbocycles. The van der Waals surface area contributed by atoms with E-state index in [0.29, 0.717) is 55.0 Å². The summed E-state index contributed by atoms with van der Waals surface area (Å²) in [6.07, 6.45) is 5.07. The largest absolute Gasteiger partial charge is 0.377 e. The minimum absolute atomic E-state index is 0.00244. The summed E-state index contributed by atoms with van der Waals surface area (Å²) in [5.74, 6) is 0.0642. The number of nitrogens with zero attached hydrogens (tertiary/aromatic N) is 5. The number of hydrogen-bond donors (Lipinski definition) is 2. The Morgan fingerprint density at radius 2 is 1.58 bits per heavy atom. The number of nitrogens with one attached hydrogen (secondary N) is 2. The lowest BCUT2D eigenvalue weighted by molar-refractivity contribution is -0.0217. The summed E-state index contributed by atoms with van der Waals surface area (Å²) in [6.45, 7) is 7.00. The minimum atomic E-state index is -0.201. The van der Waals surface area contributed by atoms with Crippen molar-refractivity contribution in [2.45, 2.75) is 57.4 Å². The highest BCUT2D eigenvalue weighted by Gasteiger charge is 2.49. The van der Waals surface area contributed by atoms with Crippen molar-refractivity contribution in [2.24, 2.45) is 0 Å². The van der Waals surface area contributed by atoms with Crippen LogP contribution >= 0.6 is 0 Å². The highest BCUT2D eigenvalue weighted by atomic mass is 16.5. The van der Waals surface area contributed by atoms with E-state index in [-0.39, 0.29) is 23.3 Å². The Labute approximate surface area is 293 Å². The van der Waals surface area contributed by atoms with Crippen LogP contribution in [0.15, 0.2) is 79.0 Å². The zero-order valence-corrected chi connectivity index (χ0v) is 29.0. The predicted molar refractivity (Wildman–Crippen MR) is 192 cm³/mol. The van der Waals surface area contributed by atoms with Crippen molar-refractivity contribution in [1.82, 2.24) is 24.7 Å². The normalized spacial score (nSPS) is 18.2. The van der Waals surface area contributed by atoms with Gasteiger partial charge in [0.25, 0.3) is 17.7 Å². The molecule has 1 aromatic heterocycles. The molecule has 3 amide bonds. The van der Waals surface area contributed by atoms with E-state index in [9.17, 15) is 14.4 Å². The van der Waals surface area contributed by atoms with Crippen LogP contribution in [-0.4, -0.2) is 83.5 Å². The molecule has 2 fully saturated rings. The van der Waals surface area contributed by atoms with Crippen molar-refractivity contribution >= 4 is 29.1 Å². The van der Waals surface area contributed by atoms with Gasteiger partial charge in [-0.3, -0.25) is 19.3 Å². The fraction of sp³-hybridized carbons (Fsp3) is 0.385. The van der Waals surface area contributed by atoms with Crippen LogP contribution in [0.25, 0.3) is 0 Å². The van der Waals surface area contributed by atoms with E-state index in [0.717, 1.165) is 61.4 Å². The van der Waals surface area contributed by atoms with Crippen molar-refractivity contribution in [3.63, 3.8) is 0 Å². The molecule has 7 rings (SSSR count). The summed E-state index contributed by atoms with van der Waals surface area (Å²) < 4.78 is 7.63. The van der Waals surface area contributed by atoms with Gasteiger partial charge in [0, 0.05) is 75.4 Å². The Morgan fingerprint density at radius 3 is 2.24 bits per heavy atom. The molecule has 2 aliphatic heterocycles. The fourth-order valence-electron chi connectivity index (χ4n) is 7.38. The second-order valence-electron chi connectivity index (χ2n) is 13.8. The summed E-state index contributed by atoms with van der Waals surface area (Å²) in [5, 5.41) is 6.01. The van der Waals surface area contributed by atoms with E-state index in [1.165, 1.54) is 0 Å². The van der Waals surface area contributed by atoms with E-state index in [2.05, 4.69) is 36.9 Å². The first-order valence-electron chi connectivity index (χ1n) is 17.5. The number of imidazole rings is 1. The molecule has 1 saturated carbocycles. The Balaban J connectivity index is 0.940. The van der Waals surface area contributed by atoms with Gasteiger partial charge in [-0.25, -0.2) is 4.98 Å². The third-order valence-corrected chi connectivity index (χ3v) is 10.4. The van der Waals surface area contributed by atoms with Crippen molar-refractivity contribution in [2.75, 3.05) is 50.6 Å². The van der Waals surface area contributed by atoms with Crippen LogP contribution in [0.2, 0.25) is 0 Å². The predicted octanol–water partition coefficient (Wildman–Crippen LogP) is 4.89. The number of hydrogen-bond acceptors (Lipinski definition) is 7. The Hall–Kier alpha value is -5.00. The number of benzene rings is 3. The van der Waals surface area contributed by atoms with Crippen molar-refractivity contribution in [3.8, 4) is 0 Å². The van der Waals surface area contributed by atoms with Crippen molar-refractivity contribution < 1.29 is 19.1 Å². The smallest absolute Gasteiger partial charge is 0.287 e. The molecule has 11 heteroatoms. The standard InChI is InChI=1S/C39H45N7O4/c1-27-26-50-22-21-45(27)33-15-11-30(12-16-33)36(47)42-32-13-7-28(8-14-32)23-41-37(48)35-40-24-34-39(17-4-18-39)44(19-20-46(34)35)25-29-5-9-31(10-6-29)38(49)43(2)3/h5-16,24,27H,4,17-23,25-26H2,1-3H3,(H,41,48)(H,42,47)/t27-/m0/s1. The molecule has 4 aromatic rings. The number of carbonyl (C=O) groups excluding carboxylic acids is 3. The zero-order chi connectivity index (χ0) is 34.8. The van der Waals surface area contributed by atoms with Crippen LogP contribution < -0.4 is 15.5 Å². The molecule has 1 spiro atoms. The first kappa shape index (κ1) is 33.5. The number of morpholine rings is 1. The number of amides is 3. The third kappa shape index (κ3) is 6.63. The molecule has 0 radical (unpaired) electrons. The first-order valence-corrected chi connectivity index (χ1v) is 17.5. The van der Waals surface area contributed by atoms with Crippen LogP contribution in [0.5, 0.6) is 0 Å². The van der Waals surface area contributed by atoms with E-state index >= 15 is 0 Å². The van der Waals surface area contributed by atoms with Gasteiger partial charge in [-0.1, -0.05) is 24.3 Å². The highest BCUT2D eigenvalue weighted by molar-refractivity contribution is 6.04. The van der Waals surface area contributed by atoms with Crippen LogP contribution in [0.1, 0.15) is 74.3 Å². The molecule has 2 N–H and O–H groups in total. The molecule has 0 unspecified atom stereocenters. The fourth-order valence-corrected chi connectivity index (χ4v) is 7.38. The van der Waals surface area contributed by atoms with E-state index in [1.54, 1.807) is 19.0 Å². The maximum absolute atomic E-state index is 13.4. The van der Waals surface area contributed by atoms with Crippen LogP contribution in [0, 0.1) is 0 Å². The molecule has 260 valence electrons. The van der Waals surface area contributed by atoms with Gasteiger partial charge in [-0.05, 0) is 85.8 Å². The molecule has 50 heavy (non-hydrogen) atoms. The zero-order valence-electron chi connectivity index (χ0n) is 29.0. The molecule has 11 nitrogen and oxygen atoms in total. The Morgan fingerprint density at radius 1 is 0.880 bits per heavy atom. The first-order chi connectivity index (χ1) is 24.2. The van der Waals surface area contributed by atoms with E-state index in [1.807, 2.05) is 79.0 Å². The highest BCUT2D eigenvalue weighted by Crippen LogP contribution is 2.49. The summed E-state index contributed by atoms with van der Waals surface area (Å²) in [4.78, 5) is 49.6. The maximum Gasteiger partial charge on any atom is 0.287 e. The maximum atomic E-state index is 13.4. The van der Waals surface area contributed by atoms with Crippen LogP contribution in [0.4, 0.5) is 11.4 Å². The number of rotatable bonds is 9. The Bertz CT molecular complexity index is 1850. The average Bonchev–Trinajstić information content (AvgIpc) is 3.55.